The lowest BCUT2D eigenvalue weighted by Gasteiger charge is -2.05. The first-order valence-corrected chi connectivity index (χ1v) is 6.31. The zero-order valence-corrected chi connectivity index (χ0v) is 10.4. The van der Waals surface area contributed by atoms with E-state index in [0.717, 1.165) is 10.6 Å². The lowest BCUT2D eigenvalue weighted by Crippen LogP contribution is -1.87. The van der Waals surface area contributed by atoms with Crippen molar-refractivity contribution < 1.29 is 0 Å². The Morgan fingerprint density at radius 3 is 2.88 bits per heavy atom. The molecule has 0 aliphatic rings. The maximum absolute atomic E-state index is 8.98. The summed E-state index contributed by atoms with van der Waals surface area (Å²) < 4.78 is 0. The summed E-state index contributed by atoms with van der Waals surface area (Å²) in [7, 11) is 0. The minimum Gasteiger partial charge on any atom is -0.263 e. The molecule has 0 aliphatic heterocycles. The molecule has 0 unspecified atom stereocenters. The van der Waals surface area contributed by atoms with Crippen LogP contribution < -0.4 is 0 Å². The molecule has 17 heavy (non-hydrogen) atoms. The highest BCUT2D eigenvalue weighted by Gasteiger charge is 2.03. The molecule has 84 valence electrons. The zero-order valence-electron chi connectivity index (χ0n) is 9.55. The number of thioether (sulfide) groups is 1. The predicted octanol–water partition coefficient (Wildman–Crippen LogP) is 3.55. The molecule has 1 heterocycles. The van der Waals surface area contributed by atoms with Crippen LogP contribution in [0.1, 0.15) is 16.7 Å². The number of rotatable bonds is 3. The molecule has 0 atom stereocenters. The largest absolute Gasteiger partial charge is 0.263 e. The Bertz CT molecular complexity index is 558. The summed E-state index contributed by atoms with van der Waals surface area (Å²) in [6.45, 7) is 2.10. The predicted molar refractivity (Wildman–Crippen MR) is 69.7 cm³/mol. The maximum Gasteiger partial charge on any atom is 0.100 e. The van der Waals surface area contributed by atoms with Crippen LogP contribution in [0.3, 0.4) is 0 Å². The van der Waals surface area contributed by atoms with Crippen molar-refractivity contribution in [2.24, 2.45) is 0 Å². The van der Waals surface area contributed by atoms with Gasteiger partial charge in [0.15, 0.2) is 0 Å². The summed E-state index contributed by atoms with van der Waals surface area (Å²) in [4.78, 5) is 5.00. The van der Waals surface area contributed by atoms with Gasteiger partial charge in [-0.25, -0.2) is 0 Å². The van der Waals surface area contributed by atoms with Crippen LogP contribution in [0.25, 0.3) is 0 Å². The summed E-state index contributed by atoms with van der Waals surface area (Å²) in [5, 5.41) is 8.98. The summed E-state index contributed by atoms with van der Waals surface area (Å²) in [6.07, 6.45) is 3.40. The Balaban J connectivity index is 2.13. The van der Waals surface area contributed by atoms with Crippen molar-refractivity contribution in [3.05, 3.63) is 59.4 Å². The number of nitriles is 1. The van der Waals surface area contributed by atoms with Crippen molar-refractivity contribution in [3.8, 4) is 6.07 Å². The Morgan fingerprint density at radius 1 is 1.29 bits per heavy atom. The molecular weight excluding hydrogens is 228 g/mol. The van der Waals surface area contributed by atoms with Gasteiger partial charge in [-0.3, -0.25) is 4.98 Å². The van der Waals surface area contributed by atoms with Gasteiger partial charge in [0.25, 0.3) is 0 Å². The molecule has 2 nitrogen and oxygen atoms in total. The molecule has 0 N–H and O–H groups in total. The SMILES string of the molecule is Cc1ccccc1CSc1cnccc1C#N. The number of aryl methyl sites for hydroxylation is 1. The van der Waals surface area contributed by atoms with Gasteiger partial charge in [0.1, 0.15) is 6.07 Å². The van der Waals surface area contributed by atoms with Gasteiger partial charge < -0.3 is 0 Å². The molecule has 1 aromatic carbocycles. The Kier molecular flexibility index (Phi) is 3.79. The number of aromatic nitrogens is 1. The summed E-state index contributed by atoms with van der Waals surface area (Å²) in [5.74, 6) is 0.868. The molecule has 1 aromatic heterocycles. The highest BCUT2D eigenvalue weighted by atomic mass is 32.2. The molecule has 0 saturated carbocycles. The van der Waals surface area contributed by atoms with E-state index in [1.807, 2.05) is 12.1 Å². The van der Waals surface area contributed by atoms with Crippen LogP contribution in [-0.4, -0.2) is 4.98 Å². The summed E-state index contributed by atoms with van der Waals surface area (Å²) in [5.41, 5.74) is 3.27. The molecule has 3 heteroatoms. The van der Waals surface area contributed by atoms with Crippen molar-refractivity contribution >= 4 is 11.8 Å². The van der Waals surface area contributed by atoms with Gasteiger partial charge in [-0.15, -0.1) is 11.8 Å². The quantitative estimate of drug-likeness (QED) is 0.770. The van der Waals surface area contributed by atoms with Gasteiger partial charge in [-0.2, -0.15) is 5.26 Å². The Hall–Kier alpha value is -1.79. The van der Waals surface area contributed by atoms with E-state index in [9.17, 15) is 0 Å². The highest BCUT2D eigenvalue weighted by molar-refractivity contribution is 7.98. The summed E-state index contributed by atoms with van der Waals surface area (Å²) >= 11 is 1.65. The first kappa shape index (κ1) is 11.7. The molecule has 0 fully saturated rings. The van der Waals surface area contributed by atoms with Gasteiger partial charge in [0.05, 0.1) is 5.56 Å². The van der Waals surface area contributed by atoms with E-state index in [1.54, 1.807) is 30.2 Å². The fourth-order valence-electron chi connectivity index (χ4n) is 1.51. The number of pyridine rings is 1. The van der Waals surface area contributed by atoms with Crippen LogP contribution in [-0.2, 0) is 5.75 Å². The third-order valence-corrected chi connectivity index (χ3v) is 3.64. The van der Waals surface area contributed by atoms with Crippen LogP contribution >= 0.6 is 11.8 Å². The summed E-state index contributed by atoms with van der Waals surface area (Å²) in [6, 6.07) is 12.2. The van der Waals surface area contributed by atoms with Gasteiger partial charge >= 0.3 is 0 Å². The Morgan fingerprint density at radius 2 is 2.12 bits per heavy atom. The van der Waals surface area contributed by atoms with E-state index in [2.05, 4.69) is 30.1 Å². The second kappa shape index (κ2) is 5.51. The van der Waals surface area contributed by atoms with Crippen molar-refractivity contribution in [2.45, 2.75) is 17.6 Å². The van der Waals surface area contributed by atoms with Gasteiger partial charge in [0.2, 0.25) is 0 Å². The van der Waals surface area contributed by atoms with Crippen LogP contribution in [0, 0.1) is 18.3 Å². The minimum absolute atomic E-state index is 0.693. The average Bonchev–Trinajstić information content (AvgIpc) is 2.38. The molecular formula is C14H12N2S. The van der Waals surface area contributed by atoms with Gasteiger partial charge in [0, 0.05) is 23.0 Å². The van der Waals surface area contributed by atoms with E-state index >= 15 is 0 Å². The number of hydrogen-bond acceptors (Lipinski definition) is 3. The minimum atomic E-state index is 0.693. The van der Waals surface area contributed by atoms with Crippen molar-refractivity contribution in [2.75, 3.05) is 0 Å². The molecule has 0 bridgehead atoms. The maximum atomic E-state index is 8.98. The van der Waals surface area contributed by atoms with E-state index in [4.69, 9.17) is 5.26 Å². The first-order chi connectivity index (χ1) is 8.31. The van der Waals surface area contributed by atoms with E-state index in [0.29, 0.717) is 5.56 Å². The normalized spacial score (nSPS) is 9.88. The van der Waals surface area contributed by atoms with Crippen molar-refractivity contribution in [1.29, 1.82) is 5.26 Å². The lowest BCUT2D eigenvalue weighted by atomic mass is 10.1. The fourth-order valence-corrected chi connectivity index (χ4v) is 2.55. The lowest BCUT2D eigenvalue weighted by molar-refractivity contribution is 1.20. The number of hydrogen-bond donors (Lipinski definition) is 0. The van der Waals surface area contributed by atoms with Crippen LogP contribution in [0.15, 0.2) is 47.6 Å². The zero-order chi connectivity index (χ0) is 12.1. The second-order valence-electron chi connectivity index (χ2n) is 3.70. The number of benzene rings is 1. The smallest absolute Gasteiger partial charge is 0.100 e. The molecule has 2 rings (SSSR count). The molecule has 0 amide bonds. The monoisotopic (exact) mass is 240 g/mol. The standard InChI is InChI=1S/C14H12N2S/c1-11-4-2-3-5-13(11)10-17-14-9-16-7-6-12(14)8-15/h2-7,9H,10H2,1H3. The van der Waals surface area contributed by atoms with Crippen LogP contribution in [0.4, 0.5) is 0 Å². The molecule has 0 aliphatic carbocycles. The van der Waals surface area contributed by atoms with Gasteiger partial charge in [-0.1, -0.05) is 24.3 Å². The topological polar surface area (TPSA) is 36.7 Å². The van der Waals surface area contributed by atoms with Crippen molar-refractivity contribution in [3.63, 3.8) is 0 Å². The van der Waals surface area contributed by atoms with Crippen LogP contribution in [0.2, 0.25) is 0 Å². The third kappa shape index (κ3) is 2.86. The van der Waals surface area contributed by atoms with E-state index in [-0.39, 0.29) is 0 Å². The van der Waals surface area contributed by atoms with Gasteiger partial charge in [-0.05, 0) is 24.1 Å². The van der Waals surface area contributed by atoms with E-state index < -0.39 is 0 Å². The van der Waals surface area contributed by atoms with Crippen LogP contribution in [0.5, 0.6) is 0 Å². The molecule has 0 spiro atoms. The molecule has 0 saturated heterocycles. The fraction of sp³-hybridized carbons (Fsp3) is 0.143. The first-order valence-electron chi connectivity index (χ1n) is 5.32. The second-order valence-corrected chi connectivity index (χ2v) is 4.72. The molecule has 0 radical (unpaired) electrons. The highest BCUT2D eigenvalue weighted by Crippen LogP contribution is 2.26. The van der Waals surface area contributed by atoms with E-state index in [1.165, 1.54) is 11.1 Å². The third-order valence-electron chi connectivity index (χ3n) is 2.55. The molecule has 2 aromatic rings. The van der Waals surface area contributed by atoms with Crippen molar-refractivity contribution in [1.82, 2.24) is 4.98 Å². The average molecular weight is 240 g/mol. The Labute approximate surface area is 105 Å². The number of nitrogens with zero attached hydrogens (tertiary/aromatic N) is 2.